The van der Waals surface area contributed by atoms with E-state index in [-0.39, 0.29) is 5.91 Å². The summed E-state index contributed by atoms with van der Waals surface area (Å²) in [7, 11) is 0. The maximum Gasteiger partial charge on any atom is 0.227 e. The van der Waals surface area contributed by atoms with Crippen LogP contribution < -0.4 is 0 Å². The summed E-state index contributed by atoms with van der Waals surface area (Å²) in [5.74, 6) is 0.173. The molecule has 1 N–H and O–H groups in total. The van der Waals surface area contributed by atoms with E-state index in [2.05, 4.69) is 52.8 Å². The number of benzene rings is 1. The molecule has 0 bridgehead atoms. The number of hydrogen-bond acceptors (Lipinski definition) is 1. The Morgan fingerprint density at radius 2 is 1.90 bits per heavy atom. The van der Waals surface area contributed by atoms with E-state index in [1.165, 1.54) is 11.3 Å². The fourth-order valence-corrected chi connectivity index (χ4v) is 3.73. The largest absolute Gasteiger partial charge is 0.352 e. The monoisotopic (exact) mass is 474 g/mol. The molecule has 0 fully saturated rings. The highest BCUT2D eigenvalue weighted by molar-refractivity contribution is 9.13. The fourth-order valence-electron chi connectivity index (χ4n) is 2.52. The summed E-state index contributed by atoms with van der Waals surface area (Å²) in [6, 6.07) is 7.91. The molecule has 2 heterocycles. The van der Waals surface area contributed by atoms with Gasteiger partial charge in [0.2, 0.25) is 5.91 Å². The Kier molecular flexibility index (Phi) is 4.57. The van der Waals surface area contributed by atoms with Gasteiger partial charge in [-0.3, -0.25) is 4.79 Å². The van der Waals surface area contributed by atoms with Gasteiger partial charge in [-0.2, -0.15) is 0 Å². The van der Waals surface area contributed by atoms with Crippen LogP contribution in [0.4, 0.5) is 0 Å². The lowest BCUT2D eigenvalue weighted by Gasteiger charge is -2.27. The van der Waals surface area contributed by atoms with Gasteiger partial charge in [-0.25, -0.2) is 0 Å². The number of nitrogens with zero attached hydrogens (tertiary/aromatic N) is 1. The molecule has 6 heteroatoms. The minimum atomic E-state index is 0.173. The lowest BCUT2D eigenvalue weighted by atomic mass is 10.1. The van der Waals surface area contributed by atoms with Crippen LogP contribution in [-0.2, 0) is 24.2 Å². The molecular weight excluding hydrogens is 464 g/mol. The molecule has 1 aliphatic rings. The third-order valence-electron chi connectivity index (χ3n) is 3.68. The number of aromatic amines is 1. The average Bonchev–Trinajstić information content (AvgIpc) is 2.76. The summed E-state index contributed by atoms with van der Waals surface area (Å²) in [6.07, 6.45) is 1.32. The van der Waals surface area contributed by atoms with Gasteiger partial charge in [-0.1, -0.05) is 28.1 Å². The van der Waals surface area contributed by atoms with Crippen LogP contribution in [0.2, 0.25) is 0 Å². The van der Waals surface area contributed by atoms with Crippen molar-refractivity contribution in [3.05, 3.63) is 54.6 Å². The van der Waals surface area contributed by atoms with Crippen LogP contribution in [0.15, 0.2) is 37.8 Å². The number of nitrogens with one attached hydrogen (secondary N) is 1. The first kappa shape index (κ1) is 15.3. The van der Waals surface area contributed by atoms with Crippen molar-refractivity contribution in [3.8, 4) is 0 Å². The number of amides is 1. The molecule has 0 saturated heterocycles. The van der Waals surface area contributed by atoms with Crippen molar-refractivity contribution in [3.63, 3.8) is 0 Å². The van der Waals surface area contributed by atoms with Crippen LogP contribution in [0.5, 0.6) is 0 Å². The van der Waals surface area contributed by atoms with E-state index in [0.717, 1.165) is 32.1 Å². The zero-order chi connectivity index (χ0) is 15.0. The molecule has 2 aromatic rings. The first-order valence-electron chi connectivity index (χ1n) is 6.61. The summed E-state index contributed by atoms with van der Waals surface area (Å²) in [4.78, 5) is 17.7. The Morgan fingerprint density at radius 1 is 1.19 bits per heavy atom. The SMILES string of the molecule is O=C(Cc1ccc(Br)cc1)N1CCc2[nH]c(Br)c(Br)c2C1. The van der Waals surface area contributed by atoms with E-state index in [4.69, 9.17) is 0 Å². The normalized spacial score (nSPS) is 14.1. The highest BCUT2D eigenvalue weighted by Gasteiger charge is 2.25. The van der Waals surface area contributed by atoms with Gasteiger partial charge in [-0.15, -0.1) is 0 Å². The van der Waals surface area contributed by atoms with Crippen LogP contribution in [0, 0.1) is 0 Å². The smallest absolute Gasteiger partial charge is 0.227 e. The van der Waals surface area contributed by atoms with Crippen LogP contribution in [0.25, 0.3) is 0 Å². The number of rotatable bonds is 2. The van der Waals surface area contributed by atoms with Gasteiger partial charge in [-0.05, 0) is 49.6 Å². The van der Waals surface area contributed by atoms with Crippen molar-refractivity contribution >= 4 is 53.7 Å². The van der Waals surface area contributed by atoms with E-state index in [9.17, 15) is 4.79 Å². The number of H-pyrrole nitrogens is 1. The first-order chi connectivity index (χ1) is 10.0. The summed E-state index contributed by atoms with van der Waals surface area (Å²) >= 11 is 10.5. The topological polar surface area (TPSA) is 36.1 Å². The lowest BCUT2D eigenvalue weighted by molar-refractivity contribution is -0.131. The molecule has 1 amide bonds. The van der Waals surface area contributed by atoms with Crippen molar-refractivity contribution in [1.82, 2.24) is 9.88 Å². The van der Waals surface area contributed by atoms with Gasteiger partial charge >= 0.3 is 0 Å². The third-order valence-corrected chi connectivity index (χ3v) is 6.22. The zero-order valence-electron chi connectivity index (χ0n) is 11.1. The zero-order valence-corrected chi connectivity index (χ0v) is 15.9. The Bertz CT molecular complexity index is 679. The molecule has 1 aromatic carbocycles. The quantitative estimate of drug-likeness (QED) is 0.684. The standard InChI is InChI=1S/C15H13Br3N2O/c16-10-3-1-9(2-4-10)7-13(21)20-6-5-12-11(8-20)14(17)15(18)19-12/h1-4,19H,5-8H2. The highest BCUT2D eigenvalue weighted by Crippen LogP contribution is 2.33. The predicted molar refractivity (Wildman–Crippen MR) is 93.2 cm³/mol. The van der Waals surface area contributed by atoms with Gasteiger partial charge in [0.25, 0.3) is 0 Å². The summed E-state index contributed by atoms with van der Waals surface area (Å²) in [5.41, 5.74) is 3.43. The second kappa shape index (κ2) is 6.26. The second-order valence-electron chi connectivity index (χ2n) is 5.08. The molecule has 0 saturated carbocycles. The molecule has 3 nitrogen and oxygen atoms in total. The van der Waals surface area contributed by atoms with Gasteiger partial charge in [0.15, 0.2) is 0 Å². The molecular formula is C15H13Br3N2O. The molecule has 0 unspecified atom stereocenters. The van der Waals surface area contributed by atoms with Crippen LogP contribution in [0.3, 0.4) is 0 Å². The van der Waals surface area contributed by atoms with E-state index in [0.29, 0.717) is 13.0 Å². The van der Waals surface area contributed by atoms with E-state index < -0.39 is 0 Å². The third kappa shape index (κ3) is 3.27. The summed E-state index contributed by atoms with van der Waals surface area (Å²) in [5, 5.41) is 0. The van der Waals surface area contributed by atoms with Crippen molar-refractivity contribution in [2.75, 3.05) is 6.54 Å². The van der Waals surface area contributed by atoms with Gasteiger partial charge in [0.05, 0.1) is 15.5 Å². The number of halogens is 3. The molecule has 3 rings (SSSR count). The van der Waals surface area contributed by atoms with Gasteiger partial charge in [0.1, 0.15) is 0 Å². The van der Waals surface area contributed by atoms with Gasteiger partial charge < -0.3 is 9.88 Å². The molecule has 0 spiro atoms. The molecule has 1 aromatic heterocycles. The van der Waals surface area contributed by atoms with Crippen LogP contribution in [0.1, 0.15) is 16.8 Å². The minimum Gasteiger partial charge on any atom is -0.352 e. The second-order valence-corrected chi connectivity index (χ2v) is 7.58. The highest BCUT2D eigenvalue weighted by atomic mass is 79.9. The van der Waals surface area contributed by atoms with Crippen molar-refractivity contribution in [2.45, 2.75) is 19.4 Å². The molecule has 21 heavy (non-hydrogen) atoms. The molecule has 0 atom stereocenters. The molecule has 0 radical (unpaired) electrons. The van der Waals surface area contributed by atoms with Gasteiger partial charge in [0, 0.05) is 35.2 Å². The Morgan fingerprint density at radius 3 is 2.62 bits per heavy atom. The van der Waals surface area contributed by atoms with E-state index in [1.807, 2.05) is 29.2 Å². The van der Waals surface area contributed by atoms with E-state index in [1.54, 1.807) is 0 Å². The van der Waals surface area contributed by atoms with Crippen molar-refractivity contribution in [1.29, 1.82) is 0 Å². The number of carbonyl (C=O) groups excluding carboxylic acids is 1. The maximum absolute atomic E-state index is 12.5. The Balaban J connectivity index is 1.72. The number of fused-ring (bicyclic) bond motifs is 1. The summed E-state index contributed by atoms with van der Waals surface area (Å²) in [6.45, 7) is 1.43. The Hall–Kier alpha value is -0.590. The molecule has 110 valence electrons. The first-order valence-corrected chi connectivity index (χ1v) is 8.99. The maximum atomic E-state index is 12.5. The molecule has 1 aliphatic heterocycles. The number of hydrogen-bond donors (Lipinski definition) is 1. The van der Waals surface area contributed by atoms with E-state index >= 15 is 0 Å². The number of aromatic nitrogens is 1. The van der Waals surface area contributed by atoms with Crippen LogP contribution >= 0.6 is 47.8 Å². The Labute approximate surface area is 148 Å². The fraction of sp³-hybridized carbons (Fsp3) is 0.267. The average molecular weight is 477 g/mol. The predicted octanol–water partition coefficient (Wildman–Crippen LogP) is 4.43. The van der Waals surface area contributed by atoms with Crippen molar-refractivity contribution < 1.29 is 4.79 Å². The van der Waals surface area contributed by atoms with Crippen LogP contribution in [-0.4, -0.2) is 22.3 Å². The lowest BCUT2D eigenvalue weighted by Crippen LogP contribution is -2.36. The minimum absolute atomic E-state index is 0.173. The summed E-state index contributed by atoms with van der Waals surface area (Å²) < 4.78 is 3.01. The van der Waals surface area contributed by atoms with Crippen molar-refractivity contribution in [2.24, 2.45) is 0 Å². The molecule has 0 aliphatic carbocycles. The number of carbonyl (C=O) groups is 1.